The number of rotatable bonds is 0. The Labute approximate surface area is 48.7 Å². The number of nitrogens with zero attached hydrogens (tertiary/aromatic N) is 1. The summed E-state index contributed by atoms with van der Waals surface area (Å²) < 4.78 is 0. The van der Waals surface area contributed by atoms with Crippen molar-refractivity contribution in [2.75, 3.05) is 0 Å². The highest BCUT2D eigenvalue weighted by Gasteiger charge is 1.77. The Kier molecular flexibility index (Phi) is 1.45. The van der Waals surface area contributed by atoms with Crippen LogP contribution in [0.25, 0.3) is 0 Å². The fraction of sp³-hybridized carbons (Fsp3) is 0.143. The molecule has 0 aromatic carbocycles. The molecule has 0 saturated heterocycles. The van der Waals surface area contributed by atoms with Gasteiger partial charge in [0.2, 0.25) is 0 Å². The fourth-order valence-electron chi connectivity index (χ4n) is 0.468. The average Bonchev–Trinajstić information content (AvgIpc) is 1.94. The van der Waals surface area contributed by atoms with Gasteiger partial charge in [-0.25, -0.2) is 4.99 Å². The Hall–Kier alpha value is -1.07. The molecule has 1 rings (SSSR count). The fourth-order valence-corrected chi connectivity index (χ4v) is 0.468. The van der Waals surface area contributed by atoms with Crippen molar-refractivity contribution in [3.05, 3.63) is 30.0 Å². The Bertz CT molecular complexity index is 190. The van der Waals surface area contributed by atoms with E-state index >= 15 is 0 Å². The molecule has 0 radical (unpaired) electrons. The smallest absolute Gasteiger partial charge is 0.0368 e. The molecule has 8 heavy (non-hydrogen) atoms. The van der Waals surface area contributed by atoms with E-state index in [0.29, 0.717) is 0 Å². The molecule has 0 saturated carbocycles. The highest BCUT2D eigenvalue weighted by molar-refractivity contribution is 5.59. The number of hydrogen-bond acceptors (Lipinski definition) is 1. The van der Waals surface area contributed by atoms with Crippen LogP contribution in [0.5, 0.6) is 0 Å². The van der Waals surface area contributed by atoms with Gasteiger partial charge in [0, 0.05) is 12.3 Å². The molecular weight excluding hydrogens is 98.1 g/mol. The van der Waals surface area contributed by atoms with E-state index in [1.54, 1.807) is 6.20 Å². The summed E-state index contributed by atoms with van der Waals surface area (Å²) in [5, 5.41) is 0. The minimum Gasteiger partial charge on any atom is -0.214 e. The summed E-state index contributed by atoms with van der Waals surface area (Å²) in [5.41, 5.74) is 1.18. The monoisotopic (exact) mass is 105 g/mol. The largest absolute Gasteiger partial charge is 0.214 e. The predicted octanol–water partition coefficient (Wildman–Crippen LogP) is 1.69. The molecule has 0 aromatic rings. The van der Waals surface area contributed by atoms with Crippen molar-refractivity contribution in [1.82, 2.24) is 0 Å². The van der Waals surface area contributed by atoms with Crippen molar-refractivity contribution < 1.29 is 0 Å². The van der Waals surface area contributed by atoms with Gasteiger partial charge in [-0.3, -0.25) is 0 Å². The maximum atomic E-state index is 3.78. The Morgan fingerprint density at radius 2 is 2.50 bits per heavy atom. The van der Waals surface area contributed by atoms with Crippen molar-refractivity contribution in [1.29, 1.82) is 0 Å². The SMILES string of the molecule is CC1=CC=CN=C=C1. The van der Waals surface area contributed by atoms with Crippen LogP contribution in [0.15, 0.2) is 35.0 Å². The molecular formula is C7H7N. The summed E-state index contributed by atoms with van der Waals surface area (Å²) >= 11 is 0. The van der Waals surface area contributed by atoms with Crippen LogP contribution >= 0.6 is 0 Å². The van der Waals surface area contributed by atoms with Gasteiger partial charge in [0.1, 0.15) is 0 Å². The molecule has 40 valence electrons. The van der Waals surface area contributed by atoms with Crippen LogP contribution in [0, 0.1) is 0 Å². The lowest BCUT2D eigenvalue weighted by Gasteiger charge is -1.77. The number of hydrogen-bond donors (Lipinski definition) is 0. The Morgan fingerprint density at radius 1 is 1.62 bits per heavy atom. The molecule has 0 aromatic heterocycles. The molecule has 0 spiro atoms. The van der Waals surface area contributed by atoms with Gasteiger partial charge in [-0.2, -0.15) is 0 Å². The van der Waals surface area contributed by atoms with Gasteiger partial charge in [-0.15, -0.1) is 0 Å². The van der Waals surface area contributed by atoms with Gasteiger partial charge in [-0.05, 0) is 24.4 Å². The van der Waals surface area contributed by atoms with Gasteiger partial charge < -0.3 is 0 Å². The minimum absolute atomic E-state index is 1.18. The second-order valence-electron chi connectivity index (χ2n) is 1.65. The van der Waals surface area contributed by atoms with E-state index in [4.69, 9.17) is 0 Å². The number of allylic oxidation sites excluding steroid dienone is 4. The van der Waals surface area contributed by atoms with E-state index < -0.39 is 0 Å². The molecule has 0 unspecified atom stereocenters. The quantitative estimate of drug-likeness (QED) is 0.444. The minimum atomic E-state index is 1.18. The topological polar surface area (TPSA) is 12.4 Å². The highest BCUT2D eigenvalue weighted by atomic mass is 14.6. The third-order valence-corrected chi connectivity index (χ3v) is 0.886. The van der Waals surface area contributed by atoms with E-state index in [1.807, 2.05) is 25.2 Å². The van der Waals surface area contributed by atoms with E-state index in [0.717, 1.165) is 0 Å². The van der Waals surface area contributed by atoms with E-state index in [1.165, 1.54) is 5.57 Å². The number of aliphatic imine (C=N–C) groups is 1. The molecule has 0 aliphatic carbocycles. The third kappa shape index (κ3) is 1.21. The van der Waals surface area contributed by atoms with Crippen LogP contribution in [0.4, 0.5) is 0 Å². The summed E-state index contributed by atoms with van der Waals surface area (Å²) in [7, 11) is 0. The first kappa shape index (κ1) is 5.07. The van der Waals surface area contributed by atoms with Crippen LogP contribution in [-0.2, 0) is 0 Å². The van der Waals surface area contributed by atoms with Gasteiger partial charge in [0.15, 0.2) is 0 Å². The van der Waals surface area contributed by atoms with Gasteiger partial charge >= 0.3 is 0 Å². The van der Waals surface area contributed by atoms with Crippen LogP contribution < -0.4 is 0 Å². The maximum absolute atomic E-state index is 3.78. The lowest BCUT2D eigenvalue weighted by molar-refractivity contribution is 1.55. The first-order valence-electron chi connectivity index (χ1n) is 2.51. The molecule has 0 amide bonds. The molecule has 1 nitrogen and oxygen atoms in total. The molecule has 1 heteroatoms. The maximum Gasteiger partial charge on any atom is 0.0368 e. The highest BCUT2D eigenvalue weighted by Crippen LogP contribution is 1.94. The normalized spacial score (nSPS) is 15.9. The van der Waals surface area contributed by atoms with E-state index in [9.17, 15) is 0 Å². The van der Waals surface area contributed by atoms with Crippen LogP contribution in [-0.4, -0.2) is 5.87 Å². The van der Waals surface area contributed by atoms with E-state index in [-0.39, 0.29) is 0 Å². The third-order valence-electron chi connectivity index (χ3n) is 0.886. The molecule has 1 heterocycles. The standard InChI is InChI=1S/C7H7N/c1-7-3-2-5-8-6-4-7/h2-5H,1H3. The van der Waals surface area contributed by atoms with Crippen LogP contribution in [0.3, 0.4) is 0 Å². The first-order valence-corrected chi connectivity index (χ1v) is 2.51. The summed E-state index contributed by atoms with van der Waals surface area (Å²) in [6.45, 7) is 2.01. The molecule has 1 aliphatic rings. The zero-order chi connectivity index (χ0) is 5.82. The molecule has 0 fully saturated rings. The van der Waals surface area contributed by atoms with Crippen molar-refractivity contribution in [3.63, 3.8) is 0 Å². The zero-order valence-corrected chi connectivity index (χ0v) is 4.76. The summed E-state index contributed by atoms with van der Waals surface area (Å²) in [5.74, 6) is 2.74. The van der Waals surface area contributed by atoms with Gasteiger partial charge in [0.05, 0.1) is 0 Å². The summed E-state index contributed by atoms with van der Waals surface area (Å²) in [4.78, 5) is 3.78. The average molecular weight is 105 g/mol. The van der Waals surface area contributed by atoms with Gasteiger partial charge in [0.25, 0.3) is 0 Å². The Balaban J connectivity index is 2.94. The van der Waals surface area contributed by atoms with Crippen LogP contribution in [0.2, 0.25) is 0 Å². The zero-order valence-electron chi connectivity index (χ0n) is 4.76. The van der Waals surface area contributed by atoms with Gasteiger partial charge in [-0.1, -0.05) is 6.08 Å². The second-order valence-corrected chi connectivity index (χ2v) is 1.65. The first-order chi connectivity index (χ1) is 3.89. The predicted molar refractivity (Wildman–Crippen MR) is 34.9 cm³/mol. The summed E-state index contributed by atoms with van der Waals surface area (Å²) in [6, 6.07) is 0. The van der Waals surface area contributed by atoms with Crippen molar-refractivity contribution in [2.45, 2.75) is 6.92 Å². The summed E-state index contributed by atoms with van der Waals surface area (Å²) in [6.07, 6.45) is 7.45. The van der Waals surface area contributed by atoms with Crippen molar-refractivity contribution >= 4 is 5.87 Å². The second kappa shape index (κ2) is 2.29. The molecule has 0 bridgehead atoms. The molecule has 0 N–H and O–H groups in total. The lowest BCUT2D eigenvalue weighted by atomic mass is 10.3. The molecule has 0 atom stereocenters. The van der Waals surface area contributed by atoms with Crippen molar-refractivity contribution in [3.8, 4) is 0 Å². The van der Waals surface area contributed by atoms with Crippen molar-refractivity contribution in [2.24, 2.45) is 4.99 Å². The van der Waals surface area contributed by atoms with E-state index in [2.05, 4.69) is 10.9 Å². The lowest BCUT2D eigenvalue weighted by Crippen LogP contribution is -1.61. The van der Waals surface area contributed by atoms with Crippen LogP contribution in [0.1, 0.15) is 6.92 Å². The Morgan fingerprint density at radius 3 is 3.38 bits per heavy atom. The molecule has 1 aliphatic heterocycles.